The molecule has 4 nitrogen and oxygen atoms in total. The Kier molecular flexibility index (Phi) is 3.66. The Morgan fingerprint density at radius 2 is 2.50 bits per heavy atom. The topological polar surface area (TPSA) is 45.5 Å². The number of nitrogens with one attached hydrogen (secondary N) is 1. The van der Waals surface area contributed by atoms with Crippen molar-refractivity contribution < 1.29 is 9.21 Å². The minimum absolute atomic E-state index is 0.0107. The first-order valence-corrected chi connectivity index (χ1v) is 6.22. The lowest BCUT2D eigenvalue weighted by Crippen LogP contribution is -2.40. The number of amides is 1. The molecule has 0 spiro atoms. The fourth-order valence-electron chi connectivity index (χ4n) is 2.12. The van der Waals surface area contributed by atoms with E-state index in [1.54, 1.807) is 12.1 Å². The number of furan rings is 1. The molecular formula is C11H15BrN2O2. The second-order valence-electron chi connectivity index (χ2n) is 3.96. The summed E-state index contributed by atoms with van der Waals surface area (Å²) < 4.78 is 5.89. The molecule has 0 aliphatic carbocycles. The molecule has 1 aliphatic heterocycles. The fraction of sp³-hybridized carbons (Fsp3) is 0.545. The molecule has 0 radical (unpaired) electrons. The third-order valence-corrected chi connectivity index (χ3v) is 3.29. The van der Waals surface area contributed by atoms with Crippen LogP contribution in [-0.4, -0.2) is 37.0 Å². The maximum atomic E-state index is 12.1. The van der Waals surface area contributed by atoms with Crippen LogP contribution in [0.2, 0.25) is 0 Å². The second kappa shape index (κ2) is 5.01. The van der Waals surface area contributed by atoms with Gasteiger partial charge in [0.2, 0.25) is 0 Å². The van der Waals surface area contributed by atoms with Crippen LogP contribution in [0.3, 0.4) is 0 Å². The lowest BCUT2D eigenvalue weighted by Gasteiger charge is -2.23. The molecule has 2 rings (SSSR count). The molecule has 1 saturated heterocycles. The van der Waals surface area contributed by atoms with Crippen molar-refractivity contribution in [3.63, 3.8) is 0 Å². The standard InChI is InChI=1S/C11H15BrN2O2/c1-13-7-8-3-2-6-14(8)11(15)9-4-5-10(12)16-9/h4-5,8,13H,2-3,6-7H2,1H3. The average molecular weight is 287 g/mol. The molecule has 5 heteroatoms. The Morgan fingerprint density at radius 3 is 3.12 bits per heavy atom. The van der Waals surface area contributed by atoms with Gasteiger partial charge in [0.1, 0.15) is 0 Å². The van der Waals surface area contributed by atoms with Gasteiger partial charge in [0.15, 0.2) is 10.4 Å². The molecule has 1 atom stereocenters. The Hall–Kier alpha value is -0.810. The molecule has 1 unspecified atom stereocenters. The van der Waals surface area contributed by atoms with Gasteiger partial charge in [-0.1, -0.05) is 0 Å². The number of likely N-dealkylation sites (N-methyl/N-ethyl adjacent to an activating group) is 1. The second-order valence-corrected chi connectivity index (χ2v) is 4.74. The van der Waals surface area contributed by atoms with E-state index in [0.29, 0.717) is 16.5 Å². The SMILES string of the molecule is CNCC1CCCN1C(=O)c1ccc(Br)o1. The molecule has 1 aliphatic rings. The molecule has 88 valence electrons. The van der Waals surface area contributed by atoms with Gasteiger partial charge in [0.25, 0.3) is 5.91 Å². The maximum Gasteiger partial charge on any atom is 0.289 e. The van der Waals surface area contributed by atoms with Crippen LogP contribution in [0.1, 0.15) is 23.4 Å². The molecule has 2 heterocycles. The fourth-order valence-corrected chi connectivity index (χ4v) is 2.43. The number of hydrogen-bond donors (Lipinski definition) is 1. The van der Waals surface area contributed by atoms with Crippen molar-refractivity contribution in [1.29, 1.82) is 0 Å². The molecule has 1 amide bonds. The van der Waals surface area contributed by atoms with Gasteiger partial charge in [-0.15, -0.1) is 0 Å². The van der Waals surface area contributed by atoms with Gasteiger partial charge in [-0.3, -0.25) is 4.79 Å². The van der Waals surface area contributed by atoms with Crippen molar-refractivity contribution in [3.8, 4) is 0 Å². The Labute approximate surface area is 103 Å². The summed E-state index contributed by atoms with van der Waals surface area (Å²) in [7, 11) is 1.91. The predicted molar refractivity (Wildman–Crippen MR) is 64.4 cm³/mol. The molecule has 0 aromatic carbocycles. The summed E-state index contributed by atoms with van der Waals surface area (Å²) in [6, 6.07) is 3.75. The molecule has 16 heavy (non-hydrogen) atoms. The smallest absolute Gasteiger partial charge is 0.289 e. The van der Waals surface area contributed by atoms with Crippen LogP contribution in [0.4, 0.5) is 0 Å². The van der Waals surface area contributed by atoms with Crippen molar-refractivity contribution in [2.75, 3.05) is 20.1 Å². The van der Waals surface area contributed by atoms with Gasteiger partial charge in [-0.2, -0.15) is 0 Å². The molecule has 1 aromatic heterocycles. The first kappa shape index (κ1) is 11.7. The lowest BCUT2D eigenvalue weighted by atomic mass is 10.2. The summed E-state index contributed by atoms with van der Waals surface area (Å²) in [6.07, 6.45) is 2.13. The predicted octanol–water partition coefficient (Wildman–Crippen LogP) is 1.87. The van der Waals surface area contributed by atoms with Crippen LogP contribution in [0.15, 0.2) is 21.2 Å². The third-order valence-electron chi connectivity index (χ3n) is 2.86. The van der Waals surface area contributed by atoms with E-state index in [4.69, 9.17) is 4.42 Å². The Balaban J connectivity index is 2.09. The number of halogens is 1. The van der Waals surface area contributed by atoms with Crippen molar-refractivity contribution >= 4 is 21.8 Å². The molecule has 1 fully saturated rings. The van der Waals surface area contributed by atoms with Crippen LogP contribution in [0.25, 0.3) is 0 Å². The molecule has 1 N–H and O–H groups in total. The van der Waals surface area contributed by atoms with Crippen molar-refractivity contribution in [1.82, 2.24) is 10.2 Å². The zero-order chi connectivity index (χ0) is 11.5. The number of likely N-dealkylation sites (tertiary alicyclic amines) is 1. The van der Waals surface area contributed by atoms with Gasteiger partial charge >= 0.3 is 0 Å². The normalized spacial score (nSPS) is 20.4. The van der Waals surface area contributed by atoms with E-state index in [9.17, 15) is 4.79 Å². The summed E-state index contributed by atoms with van der Waals surface area (Å²) >= 11 is 3.21. The average Bonchev–Trinajstić information content (AvgIpc) is 2.87. The summed E-state index contributed by atoms with van der Waals surface area (Å²) in [5, 5.41) is 3.12. The third kappa shape index (κ3) is 2.30. The minimum Gasteiger partial charge on any atom is -0.444 e. The van der Waals surface area contributed by atoms with Crippen molar-refractivity contribution in [2.24, 2.45) is 0 Å². The molecular weight excluding hydrogens is 272 g/mol. The zero-order valence-corrected chi connectivity index (χ0v) is 10.8. The monoisotopic (exact) mass is 286 g/mol. The van der Waals surface area contributed by atoms with E-state index in [1.165, 1.54) is 0 Å². The van der Waals surface area contributed by atoms with E-state index < -0.39 is 0 Å². The van der Waals surface area contributed by atoms with Crippen molar-refractivity contribution in [3.05, 3.63) is 22.6 Å². The van der Waals surface area contributed by atoms with Gasteiger partial charge in [-0.25, -0.2) is 0 Å². The van der Waals surface area contributed by atoms with E-state index in [1.807, 2.05) is 11.9 Å². The highest BCUT2D eigenvalue weighted by Crippen LogP contribution is 2.22. The van der Waals surface area contributed by atoms with Crippen molar-refractivity contribution in [2.45, 2.75) is 18.9 Å². The van der Waals surface area contributed by atoms with E-state index in [-0.39, 0.29) is 5.91 Å². The molecule has 1 aromatic rings. The number of nitrogens with zero attached hydrogens (tertiary/aromatic N) is 1. The number of carbonyl (C=O) groups excluding carboxylic acids is 1. The van der Waals surface area contributed by atoms with Crippen LogP contribution in [-0.2, 0) is 0 Å². The maximum absolute atomic E-state index is 12.1. The lowest BCUT2D eigenvalue weighted by molar-refractivity contribution is 0.0703. The van der Waals surface area contributed by atoms with E-state index in [0.717, 1.165) is 25.9 Å². The molecule has 0 bridgehead atoms. The quantitative estimate of drug-likeness (QED) is 0.923. The van der Waals surface area contributed by atoms with E-state index >= 15 is 0 Å². The minimum atomic E-state index is -0.0107. The number of hydrogen-bond acceptors (Lipinski definition) is 3. The highest BCUT2D eigenvalue weighted by atomic mass is 79.9. The first-order valence-electron chi connectivity index (χ1n) is 5.43. The highest BCUT2D eigenvalue weighted by Gasteiger charge is 2.30. The number of carbonyl (C=O) groups is 1. The van der Waals surface area contributed by atoms with E-state index in [2.05, 4.69) is 21.2 Å². The van der Waals surface area contributed by atoms with Crippen LogP contribution in [0, 0.1) is 0 Å². The summed E-state index contributed by atoms with van der Waals surface area (Å²) in [5.74, 6) is 0.401. The Bertz CT molecular complexity index is 378. The van der Waals surface area contributed by atoms with Crippen LogP contribution < -0.4 is 5.32 Å². The van der Waals surface area contributed by atoms with Gasteiger partial charge in [-0.05, 0) is 48.0 Å². The largest absolute Gasteiger partial charge is 0.444 e. The highest BCUT2D eigenvalue weighted by molar-refractivity contribution is 9.10. The summed E-state index contributed by atoms with van der Waals surface area (Å²) in [6.45, 7) is 1.66. The summed E-state index contributed by atoms with van der Waals surface area (Å²) in [5.41, 5.74) is 0. The Morgan fingerprint density at radius 1 is 1.69 bits per heavy atom. The van der Waals surface area contributed by atoms with Crippen LogP contribution in [0.5, 0.6) is 0 Å². The van der Waals surface area contributed by atoms with Crippen LogP contribution >= 0.6 is 15.9 Å². The number of rotatable bonds is 3. The molecule has 0 saturated carbocycles. The van der Waals surface area contributed by atoms with Gasteiger partial charge in [0.05, 0.1) is 0 Å². The van der Waals surface area contributed by atoms with Gasteiger partial charge < -0.3 is 14.6 Å². The summed E-state index contributed by atoms with van der Waals surface area (Å²) in [4.78, 5) is 14.0. The first-order chi connectivity index (χ1) is 7.72. The zero-order valence-electron chi connectivity index (χ0n) is 9.20. The van der Waals surface area contributed by atoms with Gasteiger partial charge in [0, 0.05) is 19.1 Å².